The minimum Gasteiger partial charge on any atom is -0.444 e. The van der Waals surface area contributed by atoms with Crippen molar-refractivity contribution in [2.24, 2.45) is 0 Å². The van der Waals surface area contributed by atoms with Gasteiger partial charge in [-0.2, -0.15) is 0 Å². The van der Waals surface area contributed by atoms with Crippen LogP contribution in [0.5, 0.6) is 0 Å². The molecule has 0 atom stereocenters. The normalized spacial score (nSPS) is 17.3. The van der Waals surface area contributed by atoms with Crippen molar-refractivity contribution in [1.82, 2.24) is 15.3 Å². The summed E-state index contributed by atoms with van der Waals surface area (Å²) >= 11 is 0. The van der Waals surface area contributed by atoms with E-state index in [0.717, 1.165) is 0 Å². The minimum absolute atomic E-state index is 0.0766. The van der Waals surface area contributed by atoms with Gasteiger partial charge in [0, 0.05) is 10.7 Å². The third kappa shape index (κ3) is 2.17. The van der Waals surface area contributed by atoms with Crippen LogP contribution in [-0.4, -0.2) is 37.6 Å². The summed E-state index contributed by atoms with van der Waals surface area (Å²) in [4.78, 5) is 31.1. The molecule has 2 aromatic rings. The zero-order chi connectivity index (χ0) is 13.3. The van der Waals surface area contributed by atoms with Gasteiger partial charge in [0.2, 0.25) is 5.91 Å². The summed E-state index contributed by atoms with van der Waals surface area (Å²) in [7, 11) is -2.15. The van der Waals surface area contributed by atoms with E-state index in [1.807, 2.05) is 0 Å². The van der Waals surface area contributed by atoms with E-state index in [1.54, 1.807) is 10.7 Å². The number of rotatable bonds is 2. The first-order chi connectivity index (χ1) is 9.18. The van der Waals surface area contributed by atoms with E-state index in [-0.39, 0.29) is 16.9 Å². The van der Waals surface area contributed by atoms with E-state index in [4.69, 9.17) is 8.83 Å². The number of carbonyl (C=O) groups is 2. The molecule has 98 valence electrons. The number of nitrogens with one attached hydrogen (secondary N) is 1. The lowest BCUT2D eigenvalue weighted by molar-refractivity contribution is -0.117. The molecular weight excluding hydrogens is 270 g/mol. The summed E-state index contributed by atoms with van der Waals surface area (Å²) in [6.07, 6.45) is 5.50. The molecule has 1 saturated heterocycles. The van der Waals surface area contributed by atoms with Gasteiger partial charge in [0.05, 0.1) is 18.1 Å². The van der Waals surface area contributed by atoms with Crippen molar-refractivity contribution >= 4 is 31.1 Å². The first-order valence-corrected chi connectivity index (χ1v) is 7.22. The molecule has 0 bridgehead atoms. The van der Waals surface area contributed by atoms with E-state index in [0.29, 0.717) is 11.5 Å². The fraction of sp³-hybridized carbons (Fsp3) is 0.0909. The average Bonchev–Trinajstić information content (AvgIpc) is 3.05. The molecule has 3 rings (SSSR count). The molecule has 8 heteroatoms. The molecule has 0 saturated carbocycles. The summed E-state index contributed by atoms with van der Waals surface area (Å²) in [5.41, 5.74) is 0. The van der Waals surface area contributed by atoms with E-state index >= 15 is 0 Å². The van der Waals surface area contributed by atoms with Crippen LogP contribution in [0.25, 0.3) is 0 Å². The number of amides is 2. The lowest BCUT2D eigenvalue weighted by atomic mass is 10.6. The maximum absolute atomic E-state index is 12.1. The minimum atomic E-state index is -2.15. The van der Waals surface area contributed by atoms with Crippen molar-refractivity contribution < 1.29 is 18.4 Å². The smallest absolute Gasteiger partial charge is 0.276 e. The molecule has 2 amide bonds. The Labute approximate surface area is 108 Å². The van der Waals surface area contributed by atoms with Crippen molar-refractivity contribution in [2.45, 2.75) is 0 Å². The highest BCUT2D eigenvalue weighted by atomic mass is 32.2. The van der Waals surface area contributed by atoms with Crippen LogP contribution in [0.1, 0.15) is 11.5 Å². The zero-order valence-corrected chi connectivity index (χ0v) is 10.4. The Hall–Kier alpha value is -2.35. The Morgan fingerprint density at radius 1 is 1.11 bits per heavy atom. The number of hydrogen-bond acceptors (Lipinski definition) is 6. The summed E-state index contributed by atoms with van der Waals surface area (Å²) in [6, 6.07) is 0. The molecule has 19 heavy (non-hydrogen) atoms. The maximum atomic E-state index is 12.1. The third-order valence-electron chi connectivity index (χ3n) is 2.51. The molecule has 0 aliphatic carbocycles. The lowest BCUT2D eigenvalue weighted by Crippen LogP contribution is -2.18. The first kappa shape index (κ1) is 11.7. The van der Waals surface area contributed by atoms with Crippen molar-refractivity contribution in [3.63, 3.8) is 0 Å². The van der Waals surface area contributed by atoms with E-state index in [1.165, 1.54) is 25.2 Å². The van der Waals surface area contributed by atoms with Crippen LogP contribution < -0.4 is 5.32 Å². The molecule has 1 N–H and O–H groups in total. The Morgan fingerprint density at radius 3 is 2.05 bits per heavy atom. The van der Waals surface area contributed by atoms with Crippen molar-refractivity contribution in [1.29, 1.82) is 0 Å². The third-order valence-corrected chi connectivity index (χ3v) is 5.35. The van der Waals surface area contributed by atoms with E-state index in [2.05, 4.69) is 15.3 Å². The lowest BCUT2D eigenvalue weighted by Gasteiger charge is -2.04. The van der Waals surface area contributed by atoms with Gasteiger partial charge in [-0.1, -0.05) is 0 Å². The zero-order valence-electron chi connectivity index (χ0n) is 9.61. The molecule has 2 aromatic heterocycles. The van der Waals surface area contributed by atoms with Gasteiger partial charge in [0.25, 0.3) is 5.24 Å². The van der Waals surface area contributed by atoms with Crippen LogP contribution in [-0.2, 0) is 4.79 Å². The predicted molar refractivity (Wildman–Crippen MR) is 69.3 cm³/mol. The van der Waals surface area contributed by atoms with Crippen LogP contribution in [0, 0.1) is 0 Å². The van der Waals surface area contributed by atoms with Gasteiger partial charge in [0.1, 0.15) is 0 Å². The van der Waals surface area contributed by atoms with Gasteiger partial charge in [0.15, 0.2) is 24.3 Å². The second kappa shape index (κ2) is 4.39. The Kier molecular flexibility index (Phi) is 2.71. The summed E-state index contributed by atoms with van der Waals surface area (Å²) in [5.74, 6) is 0.644. The number of imide groups is 1. The fourth-order valence-corrected chi connectivity index (χ4v) is 4.19. The molecule has 1 fully saturated rings. The number of nitrogens with zero attached hydrogens (tertiary/aromatic N) is 2. The fourth-order valence-electron chi connectivity index (χ4n) is 1.73. The Morgan fingerprint density at radius 2 is 1.68 bits per heavy atom. The van der Waals surface area contributed by atoms with Gasteiger partial charge < -0.3 is 8.83 Å². The topological polar surface area (TPSA) is 98.2 Å². The number of aromatic nitrogens is 2. The molecule has 1 aliphatic rings. The Bertz CT molecular complexity index is 691. The monoisotopic (exact) mass is 279 g/mol. The summed E-state index contributed by atoms with van der Waals surface area (Å²) < 4.78 is 10.2. The molecule has 0 spiro atoms. The van der Waals surface area contributed by atoms with Crippen LogP contribution in [0.2, 0.25) is 0 Å². The molecule has 3 heterocycles. The maximum Gasteiger partial charge on any atom is 0.276 e. The van der Waals surface area contributed by atoms with Crippen LogP contribution in [0.4, 0.5) is 4.79 Å². The van der Waals surface area contributed by atoms with Gasteiger partial charge in [-0.15, -0.1) is 9.21 Å². The highest BCUT2D eigenvalue weighted by molar-refractivity contribution is 8.41. The van der Waals surface area contributed by atoms with Crippen LogP contribution in [0.3, 0.4) is 0 Å². The number of hydrogen-bond donors (Lipinski definition) is 1. The van der Waals surface area contributed by atoms with E-state index < -0.39 is 9.21 Å². The van der Waals surface area contributed by atoms with E-state index in [9.17, 15) is 9.59 Å². The molecule has 7 nitrogen and oxygen atoms in total. The molecule has 0 unspecified atom stereocenters. The summed E-state index contributed by atoms with van der Waals surface area (Å²) in [6.45, 7) is 0. The average molecular weight is 279 g/mol. The molecular formula is C11H9N3O4S. The van der Waals surface area contributed by atoms with Crippen LogP contribution >= 0.6 is 9.21 Å². The second-order valence-electron chi connectivity index (χ2n) is 3.87. The van der Waals surface area contributed by atoms with Crippen LogP contribution in [0.15, 0.2) is 34.0 Å². The van der Waals surface area contributed by atoms with Gasteiger partial charge >= 0.3 is 0 Å². The predicted octanol–water partition coefficient (Wildman–Crippen LogP) is 0.718. The number of oxazole rings is 2. The first-order valence-electron chi connectivity index (χ1n) is 5.29. The molecule has 0 radical (unpaired) electrons. The quantitative estimate of drug-likeness (QED) is 0.813. The molecule has 0 aromatic carbocycles. The second-order valence-corrected chi connectivity index (χ2v) is 6.70. The molecule has 1 aliphatic heterocycles. The van der Waals surface area contributed by atoms with Crippen molar-refractivity contribution in [3.8, 4) is 0 Å². The largest absolute Gasteiger partial charge is 0.444 e. The SMILES string of the molecule is O=C1CS(=Cc2cnco2)(=Cc2cnco2)C(=O)N1. The summed E-state index contributed by atoms with van der Waals surface area (Å²) in [5, 5.41) is 5.22. The highest BCUT2D eigenvalue weighted by Crippen LogP contribution is 2.31. The van der Waals surface area contributed by atoms with Gasteiger partial charge in [-0.25, -0.2) is 9.97 Å². The number of carbonyl (C=O) groups excluding carboxylic acids is 2. The van der Waals surface area contributed by atoms with Gasteiger partial charge in [-0.05, 0) is 0 Å². The van der Waals surface area contributed by atoms with Gasteiger partial charge in [-0.3, -0.25) is 14.9 Å². The van der Waals surface area contributed by atoms with Crippen molar-refractivity contribution in [3.05, 3.63) is 36.7 Å². The highest BCUT2D eigenvalue weighted by Gasteiger charge is 2.29. The van der Waals surface area contributed by atoms with Crippen molar-refractivity contribution in [2.75, 3.05) is 5.75 Å². The standard InChI is InChI=1S/C11H9N3O4S/c15-10-5-19(11(16)14-10,3-8-1-12-6-17-8)4-9-2-13-7-18-9/h1-4,6-7H,5H2,(H,14,15,16). The Balaban J connectivity index is 2.23.